The molecule has 0 amide bonds. The zero-order chi connectivity index (χ0) is 19.3. The fourth-order valence-corrected chi connectivity index (χ4v) is 5.72. The average molecular weight is 448 g/mol. The van der Waals surface area contributed by atoms with Gasteiger partial charge in [-0.05, 0) is 36.1 Å². The van der Waals surface area contributed by atoms with Gasteiger partial charge in [0, 0.05) is 27.1 Å². The molecule has 0 saturated carbocycles. The average Bonchev–Trinajstić information content (AvgIpc) is 2.89. The van der Waals surface area contributed by atoms with Crippen molar-refractivity contribution in [3.8, 4) is 5.75 Å². The fourth-order valence-electron chi connectivity index (χ4n) is 3.85. The first-order valence-electron chi connectivity index (χ1n) is 9.88. The predicted octanol–water partition coefficient (Wildman–Crippen LogP) is 6.71. The van der Waals surface area contributed by atoms with Gasteiger partial charge in [-0.1, -0.05) is 73.0 Å². The largest absolute Gasteiger partial charge is 0.496 e. The van der Waals surface area contributed by atoms with Crippen molar-refractivity contribution in [2.45, 2.75) is 61.3 Å². The van der Waals surface area contributed by atoms with Gasteiger partial charge < -0.3 is 4.74 Å². The molecule has 1 heterocycles. The minimum Gasteiger partial charge on any atom is -0.496 e. The highest BCUT2D eigenvalue weighted by Gasteiger charge is 2.35. The van der Waals surface area contributed by atoms with Crippen LogP contribution in [-0.4, -0.2) is 18.4 Å². The molecule has 4 heteroatoms. The zero-order valence-corrected chi connectivity index (χ0v) is 19.0. The van der Waals surface area contributed by atoms with Crippen LogP contribution in [0.2, 0.25) is 0 Å². The van der Waals surface area contributed by atoms with Crippen LogP contribution in [-0.2, 0) is 5.33 Å². The lowest BCUT2D eigenvalue weighted by atomic mass is 9.88. The molecule has 0 aliphatic carbocycles. The Balaban J connectivity index is 2.10. The molecule has 0 fully saturated rings. The number of hydrogen-bond donors (Lipinski definition) is 1. The molecule has 0 unspecified atom stereocenters. The van der Waals surface area contributed by atoms with Crippen LogP contribution >= 0.6 is 27.7 Å². The van der Waals surface area contributed by atoms with Crippen molar-refractivity contribution in [3.05, 3.63) is 59.2 Å². The van der Waals surface area contributed by atoms with E-state index in [2.05, 4.69) is 77.6 Å². The second kappa shape index (κ2) is 9.49. The molecule has 0 saturated heterocycles. The molecule has 0 radical (unpaired) electrons. The number of fused-ring (bicyclic) bond motifs is 1. The van der Waals surface area contributed by atoms with Gasteiger partial charge in [-0.2, -0.15) is 0 Å². The Labute approximate surface area is 176 Å². The molecule has 2 atom stereocenters. The van der Waals surface area contributed by atoms with Crippen molar-refractivity contribution in [1.29, 1.82) is 0 Å². The molecule has 0 bridgehead atoms. The highest BCUT2D eigenvalue weighted by atomic mass is 79.9. The van der Waals surface area contributed by atoms with Gasteiger partial charge in [0.25, 0.3) is 0 Å². The van der Waals surface area contributed by atoms with E-state index in [9.17, 15) is 0 Å². The lowest BCUT2D eigenvalue weighted by Crippen LogP contribution is -2.48. The summed E-state index contributed by atoms with van der Waals surface area (Å²) in [5.74, 6) is 2.07. The number of methoxy groups -OCH3 is 1. The van der Waals surface area contributed by atoms with E-state index in [0.717, 1.165) is 23.3 Å². The van der Waals surface area contributed by atoms with Crippen LogP contribution in [0, 0.1) is 0 Å². The molecule has 2 nitrogen and oxygen atoms in total. The maximum Gasteiger partial charge on any atom is 0.123 e. The van der Waals surface area contributed by atoms with Crippen LogP contribution < -0.4 is 10.1 Å². The second-order valence-electron chi connectivity index (χ2n) is 7.35. The summed E-state index contributed by atoms with van der Waals surface area (Å²) in [4.78, 5) is 1.37. The van der Waals surface area contributed by atoms with E-state index >= 15 is 0 Å². The molecule has 1 aliphatic heterocycles. The summed E-state index contributed by atoms with van der Waals surface area (Å²) in [7, 11) is 1.76. The van der Waals surface area contributed by atoms with E-state index in [4.69, 9.17) is 4.74 Å². The molecular weight excluding hydrogens is 418 g/mol. The SMILES string of the molecule is CCCC[C@]1(CC)CSc2cc(CBr)c(OC)cc2[C@@H](c2ccccc2)N1. The summed E-state index contributed by atoms with van der Waals surface area (Å²) >= 11 is 5.62. The number of rotatable bonds is 7. The summed E-state index contributed by atoms with van der Waals surface area (Å²) in [6, 6.07) is 15.6. The van der Waals surface area contributed by atoms with Crippen molar-refractivity contribution >= 4 is 27.7 Å². The number of hydrogen-bond acceptors (Lipinski definition) is 3. The second-order valence-corrected chi connectivity index (χ2v) is 8.93. The number of alkyl halides is 1. The van der Waals surface area contributed by atoms with Crippen molar-refractivity contribution in [1.82, 2.24) is 5.32 Å². The van der Waals surface area contributed by atoms with Gasteiger partial charge in [0.05, 0.1) is 13.2 Å². The zero-order valence-electron chi connectivity index (χ0n) is 16.6. The van der Waals surface area contributed by atoms with Crippen molar-refractivity contribution in [3.63, 3.8) is 0 Å². The van der Waals surface area contributed by atoms with Crippen molar-refractivity contribution in [2.75, 3.05) is 12.9 Å². The topological polar surface area (TPSA) is 21.3 Å². The molecule has 1 N–H and O–H groups in total. The maximum atomic E-state index is 5.70. The first-order chi connectivity index (χ1) is 13.2. The van der Waals surface area contributed by atoms with Crippen LogP contribution in [0.3, 0.4) is 0 Å². The third-order valence-electron chi connectivity index (χ3n) is 5.64. The standard InChI is InChI=1S/C23H30BrNOS/c1-4-6-12-23(5-2)16-27-21-13-18(15-24)20(26-3)14-19(21)22(25-23)17-10-8-7-9-11-17/h7-11,13-14,22,25H,4-6,12,15-16H2,1-3H3/t22-,23-/m1/s1. The molecule has 2 aromatic rings. The minimum atomic E-state index is 0.155. The third-order valence-corrected chi connectivity index (χ3v) is 7.61. The van der Waals surface area contributed by atoms with Gasteiger partial charge in [-0.25, -0.2) is 0 Å². The normalized spacial score (nSPS) is 22.1. The van der Waals surface area contributed by atoms with Crippen LogP contribution in [0.5, 0.6) is 5.75 Å². The smallest absolute Gasteiger partial charge is 0.123 e. The molecule has 146 valence electrons. The summed E-state index contributed by atoms with van der Waals surface area (Å²) in [5, 5.41) is 4.89. The van der Waals surface area contributed by atoms with Crippen LogP contribution in [0.4, 0.5) is 0 Å². The summed E-state index contributed by atoms with van der Waals surface area (Å²) < 4.78 is 5.70. The lowest BCUT2D eigenvalue weighted by Gasteiger charge is -2.36. The number of nitrogens with one attached hydrogen (secondary N) is 1. The highest BCUT2D eigenvalue weighted by Crippen LogP contribution is 2.43. The van der Waals surface area contributed by atoms with Gasteiger partial charge >= 0.3 is 0 Å². The Kier molecular flexibility index (Phi) is 7.29. The Morgan fingerprint density at radius 3 is 2.63 bits per heavy atom. The van der Waals surface area contributed by atoms with E-state index < -0.39 is 0 Å². The highest BCUT2D eigenvalue weighted by molar-refractivity contribution is 9.08. The summed E-state index contributed by atoms with van der Waals surface area (Å²) in [5.41, 5.74) is 4.03. The lowest BCUT2D eigenvalue weighted by molar-refractivity contribution is 0.297. The number of benzene rings is 2. The van der Waals surface area contributed by atoms with Crippen LogP contribution in [0.1, 0.15) is 62.3 Å². The van der Waals surface area contributed by atoms with Gasteiger partial charge in [0.2, 0.25) is 0 Å². The van der Waals surface area contributed by atoms with Gasteiger partial charge in [0.1, 0.15) is 5.75 Å². The molecule has 1 aliphatic rings. The number of thioether (sulfide) groups is 1. The van der Waals surface area contributed by atoms with E-state index in [-0.39, 0.29) is 11.6 Å². The van der Waals surface area contributed by atoms with E-state index in [0.29, 0.717) is 0 Å². The van der Waals surface area contributed by atoms with Crippen LogP contribution in [0.15, 0.2) is 47.4 Å². The maximum absolute atomic E-state index is 5.70. The number of ether oxygens (including phenoxy) is 1. The van der Waals surface area contributed by atoms with Gasteiger partial charge in [0.15, 0.2) is 0 Å². The van der Waals surface area contributed by atoms with Crippen molar-refractivity contribution < 1.29 is 4.74 Å². The Morgan fingerprint density at radius 1 is 1.22 bits per heavy atom. The molecule has 27 heavy (non-hydrogen) atoms. The monoisotopic (exact) mass is 447 g/mol. The third kappa shape index (κ3) is 4.55. The van der Waals surface area contributed by atoms with Crippen molar-refractivity contribution in [2.24, 2.45) is 0 Å². The van der Waals surface area contributed by atoms with Gasteiger partial charge in [-0.15, -0.1) is 11.8 Å². The first-order valence-corrected chi connectivity index (χ1v) is 12.0. The minimum absolute atomic E-state index is 0.155. The molecule has 2 aromatic carbocycles. The van der Waals surface area contributed by atoms with E-state index in [1.807, 2.05) is 11.8 Å². The molecule has 0 spiro atoms. The first kappa shape index (κ1) is 20.8. The molecule has 0 aromatic heterocycles. The van der Waals surface area contributed by atoms with Crippen LogP contribution in [0.25, 0.3) is 0 Å². The predicted molar refractivity (Wildman–Crippen MR) is 120 cm³/mol. The number of unbranched alkanes of at least 4 members (excludes halogenated alkanes) is 1. The number of halogens is 1. The Bertz CT molecular complexity index is 752. The summed E-state index contributed by atoms with van der Waals surface area (Å²) in [6.45, 7) is 4.61. The van der Waals surface area contributed by atoms with E-state index in [1.165, 1.54) is 40.8 Å². The fraction of sp³-hybridized carbons (Fsp3) is 0.478. The summed E-state index contributed by atoms with van der Waals surface area (Å²) in [6.07, 6.45) is 4.85. The van der Waals surface area contributed by atoms with E-state index in [1.54, 1.807) is 7.11 Å². The molecular formula is C23H30BrNOS. The Hall–Kier alpha value is -0.970. The quantitative estimate of drug-likeness (QED) is 0.476. The Morgan fingerprint density at radius 2 is 2.00 bits per heavy atom. The molecule has 3 rings (SSSR count). The van der Waals surface area contributed by atoms with Gasteiger partial charge in [-0.3, -0.25) is 5.32 Å².